The molecule has 84 valence electrons. The number of nitrogens with zero attached hydrogens (tertiary/aromatic N) is 2. The number of hydrogen-bond acceptors (Lipinski definition) is 1. The molecule has 0 saturated carbocycles. The van der Waals surface area contributed by atoms with E-state index >= 15 is 0 Å². The summed E-state index contributed by atoms with van der Waals surface area (Å²) in [7, 11) is 0. The van der Waals surface area contributed by atoms with Crippen LogP contribution in [0.3, 0.4) is 0 Å². The average molecular weight is 255 g/mol. The van der Waals surface area contributed by atoms with E-state index in [4.69, 9.17) is 23.2 Å². The molecule has 0 fully saturated rings. The van der Waals surface area contributed by atoms with Crippen molar-refractivity contribution in [2.45, 2.75) is 19.9 Å². The largest absolute Gasteiger partial charge is 0.249 e. The second-order valence-electron chi connectivity index (χ2n) is 3.60. The van der Waals surface area contributed by atoms with Gasteiger partial charge in [0.2, 0.25) is 0 Å². The van der Waals surface area contributed by atoms with E-state index in [1.807, 2.05) is 30.3 Å². The zero-order valence-electron chi connectivity index (χ0n) is 8.95. The third-order valence-electron chi connectivity index (χ3n) is 2.39. The molecule has 0 unspecified atom stereocenters. The molecule has 1 heterocycles. The SMILES string of the molecule is CCc1cc(Cl)n(Cc2ccc(Cl)cc2)n1. The molecule has 1 aromatic heterocycles. The van der Waals surface area contributed by atoms with Gasteiger partial charge >= 0.3 is 0 Å². The van der Waals surface area contributed by atoms with Crippen LogP contribution in [0.4, 0.5) is 0 Å². The van der Waals surface area contributed by atoms with Crippen molar-refractivity contribution >= 4 is 23.2 Å². The number of benzene rings is 1. The van der Waals surface area contributed by atoms with E-state index in [9.17, 15) is 0 Å². The second kappa shape index (κ2) is 4.89. The van der Waals surface area contributed by atoms with Gasteiger partial charge in [-0.05, 0) is 30.2 Å². The number of halogens is 2. The summed E-state index contributed by atoms with van der Waals surface area (Å²) < 4.78 is 1.80. The van der Waals surface area contributed by atoms with Gasteiger partial charge in [-0.2, -0.15) is 5.10 Å². The molecule has 2 nitrogen and oxygen atoms in total. The summed E-state index contributed by atoms with van der Waals surface area (Å²) in [5.41, 5.74) is 2.15. The van der Waals surface area contributed by atoms with Crippen LogP contribution in [0, 0.1) is 0 Å². The summed E-state index contributed by atoms with van der Waals surface area (Å²) in [6, 6.07) is 9.60. The summed E-state index contributed by atoms with van der Waals surface area (Å²) in [5, 5.41) is 5.81. The summed E-state index contributed by atoms with van der Waals surface area (Å²) in [4.78, 5) is 0. The van der Waals surface area contributed by atoms with E-state index in [1.54, 1.807) is 4.68 Å². The highest BCUT2D eigenvalue weighted by Crippen LogP contribution is 2.15. The van der Waals surface area contributed by atoms with Crippen LogP contribution in [0.15, 0.2) is 30.3 Å². The fourth-order valence-corrected chi connectivity index (χ4v) is 1.84. The Kier molecular flexibility index (Phi) is 3.52. The van der Waals surface area contributed by atoms with E-state index in [0.717, 1.165) is 22.7 Å². The highest BCUT2D eigenvalue weighted by atomic mass is 35.5. The quantitative estimate of drug-likeness (QED) is 0.815. The van der Waals surface area contributed by atoms with Crippen LogP contribution < -0.4 is 0 Å². The van der Waals surface area contributed by atoms with Crippen LogP contribution in [-0.4, -0.2) is 9.78 Å². The third kappa shape index (κ3) is 2.57. The Morgan fingerprint density at radius 2 is 1.88 bits per heavy atom. The highest BCUT2D eigenvalue weighted by Gasteiger charge is 2.04. The molecule has 0 bridgehead atoms. The highest BCUT2D eigenvalue weighted by molar-refractivity contribution is 6.30. The van der Waals surface area contributed by atoms with Crippen molar-refractivity contribution in [2.24, 2.45) is 0 Å². The second-order valence-corrected chi connectivity index (χ2v) is 4.42. The number of aromatic nitrogens is 2. The van der Waals surface area contributed by atoms with Gasteiger partial charge < -0.3 is 0 Å². The Morgan fingerprint density at radius 1 is 1.19 bits per heavy atom. The van der Waals surface area contributed by atoms with Gasteiger partial charge in [0.05, 0.1) is 12.2 Å². The van der Waals surface area contributed by atoms with Gasteiger partial charge in [0.1, 0.15) is 5.15 Å². The van der Waals surface area contributed by atoms with Crippen LogP contribution >= 0.6 is 23.2 Å². The van der Waals surface area contributed by atoms with E-state index in [0.29, 0.717) is 11.7 Å². The summed E-state index contributed by atoms with van der Waals surface area (Å²) >= 11 is 11.9. The molecule has 0 aliphatic carbocycles. The Hall–Kier alpha value is -0.990. The molecule has 4 heteroatoms. The Labute approximate surface area is 105 Å². The molecule has 0 spiro atoms. The van der Waals surface area contributed by atoms with Crippen molar-refractivity contribution in [2.75, 3.05) is 0 Å². The zero-order chi connectivity index (χ0) is 11.5. The van der Waals surface area contributed by atoms with Crippen LogP contribution in [0.25, 0.3) is 0 Å². The molecule has 2 aromatic rings. The first-order chi connectivity index (χ1) is 7.69. The van der Waals surface area contributed by atoms with Crippen LogP contribution in [0.2, 0.25) is 10.2 Å². The fourth-order valence-electron chi connectivity index (χ4n) is 1.49. The van der Waals surface area contributed by atoms with Crippen molar-refractivity contribution in [1.82, 2.24) is 9.78 Å². The molecule has 2 rings (SSSR count). The molecule has 0 amide bonds. The van der Waals surface area contributed by atoms with E-state index < -0.39 is 0 Å². The number of hydrogen-bond donors (Lipinski definition) is 0. The van der Waals surface area contributed by atoms with Crippen molar-refractivity contribution in [3.8, 4) is 0 Å². The van der Waals surface area contributed by atoms with Crippen molar-refractivity contribution in [3.63, 3.8) is 0 Å². The minimum atomic E-state index is 0.673. The minimum absolute atomic E-state index is 0.673. The zero-order valence-corrected chi connectivity index (χ0v) is 10.5. The van der Waals surface area contributed by atoms with E-state index in [-0.39, 0.29) is 0 Å². The molecule has 0 saturated heterocycles. The first kappa shape index (κ1) is 11.5. The Bertz CT molecular complexity index is 474. The van der Waals surface area contributed by atoms with Gasteiger partial charge in [-0.1, -0.05) is 42.3 Å². The van der Waals surface area contributed by atoms with Gasteiger partial charge in [0.25, 0.3) is 0 Å². The normalized spacial score (nSPS) is 10.7. The fraction of sp³-hybridized carbons (Fsp3) is 0.250. The van der Waals surface area contributed by atoms with E-state index in [1.165, 1.54) is 0 Å². The van der Waals surface area contributed by atoms with Crippen molar-refractivity contribution in [3.05, 3.63) is 51.8 Å². The minimum Gasteiger partial charge on any atom is -0.249 e. The van der Waals surface area contributed by atoms with Crippen molar-refractivity contribution < 1.29 is 0 Å². The standard InChI is InChI=1S/C12H12Cl2N2/c1-2-11-7-12(14)16(15-11)8-9-3-5-10(13)6-4-9/h3-7H,2,8H2,1H3. The Morgan fingerprint density at radius 3 is 2.44 bits per heavy atom. The maximum atomic E-state index is 6.08. The first-order valence-electron chi connectivity index (χ1n) is 5.15. The summed E-state index contributed by atoms with van der Waals surface area (Å²) in [5.74, 6) is 0. The lowest BCUT2D eigenvalue weighted by molar-refractivity contribution is 0.674. The molecule has 0 radical (unpaired) electrons. The topological polar surface area (TPSA) is 17.8 Å². The molecular formula is C12H12Cl2N2. The third-order valence-corrected chi connectivity index (χ3v) is 2.95. The van der Waals surface area contributed by atoms with Gasteiger partial charge in [0, 0.05) is 5.02 Å². The van der Waals surface area contributed by atoms with Gasteiger partial charge in [0.15, 0.2) is 0 Å². The molecule has 16 heavy (non-hydrogen) atoms. The summed E-state index contributed by atoms with van der Waals surface area (Å²) in [6.45, 7) is 2.74. The smallest absolute Gasteiger partial charge is 0.127 e. The van der Waals surface area contributed by atoms with Gasteiger partial charge in [-0.15, -0.1) is 0 Å². The average Bonchev–Trinajstić information content (AvgIpc) is 2.63. The van der Waals surface area contributed by atoms with Crippen LogP contribution in [0.1, 0.15) is 18.2 Å². The maximum Gasteiger partial charge on any atom is 0.127 e. The first-order valence-corrected chi connectivity index (χ1v) is 5.91. The molecule has 0 aliphatic rings. The van der Waals surface area contributed by atoms with Crippen LogP contribution in [-0.2, 0) is 13.0 Å². The molecular weight excluding hydrogens is 243 g/mol. The van der Waals surface area contributed by atoms with Crippen molar-refractivity contribution in [1.29, 1.82) is 0 Å². The predicted molar refractivity (Wildman–Crippen MR) is 67.2 cm³/mol. The number of rotatable bonds is 3. The van der Waals surface area contributed by atoms with E-state index in [2.05, 4.69) is 12.0 Å². The molecule has 0 aliphatic heterocycles. The maximum absolute atomic E-state index is 6.08. The van der Waals surface area contributed by atoms with Gasteiger partial charge in [-0.3, -0.25) is 0 Å². The lowest BCUT2D eigenvalue weighted by Crippen LogP contribution is -2.02. The lowest BCUT2D eigenvalue weighted by Gasteiger charge is -2.03. The van der Waals surface area contributed by atoms with Gasteiger partial charge in [-0.25, -0.2) is 4.68 Å². The number of aryl methyl sites for hydroxylation is 1. The Balaban J connectivity index is 2.19. The lowest BCUT2D eigenvalue weighted by atomic mass is 10.2. The van der Waals surface area contributed by atoms with Crippen LogP contribution in [0.5, 0.6) is 0 Å². The monoisotopic (exact) mass is 254 g/mol. The molecule has 1 aromatic carbocycles. The predicted octanol–water partition coefficient (Wildman–Crippen LogP) is 3.80. The molecule has 0 N–H and O–H groups in total. The molecule has 0 atom stereocenters. The summed E-state index contributed by atoms with van der Waals surface area (Å²) in [6.07, 6.45) is 0.896.